The van der Waals surface area contributed by atoms with E-state index < -0.39 is 0 Å². The van der Waals surface area contributed by atoms with Crippen LogP contribution in [0, 0.1) is 5.92 Å². The molecule has 1 aromatic carbocycles. The van der Waals surface area contributed by atoms with Crippen molar-refractivity contribution in [1.82, 2.24) is 0 Å². The Labute approximate surface area is 115 Å². The molecule has 1 heterocycles. The van der Waals surface area contributed by atoms with Crippen LogP contribution in [0.3, 0.4) is 0 Å². The molecule has 0 saturated heterocycles. The highest BCUT2D eigenvalue weighted by atomic mass is 16.1. The summed E-state index contributed by atoms with van der Waals surface area (Å²) in [6.07, 6.45) is 8.15. The van der Waals surface area contributed by atoms with Gasteiger partial charge in [-0.15, -0.1) is 0 Å². The van der Waals surface area contributed by atoms with Crippen LogP contribution >= 0.6 is 0 Å². The smallest absolute Gasteiger partial charge is 0.159 e. The fourth-order valence-corrected chi connectivity index (χ4v) is 3.56. The topological polar surface area (TPSA) is 20.3 Å². The van der Waals surface area contributed by atoms with Gasteiger partial charge in [-0.3, -0.25) is 4.79 Å². The van der Waals surface area contributed by atoms with Gasteiger partial charge in [0.15, 0.2) is 5.78 Å². The molecule has 1 aliphatic heterocycles. The number of anilines is 1. The van der Waals surface area contributed by atoms with E-state index in [0.29, 0.717) is 0 Å². The molecule has 0 spiro atoms. The largest absolute Gasteiger partial charge is 0.371 e. The summed E-state index contributed by atoms with van der Waals surface area (Å²) in [5.41, 5.74) is 3.59. The highest BCUT2D eigenvalue weighted by Crippen LogP contribution is 2.32. The van der Waals surface area contributed by atoms with Crippen molar-refractivity contribution in [3.8, 4) is 0 Å². The quantitative estimate of drug-likeness (QED) is 0.767. The average molecular weight is 257 g/mol. The lowest BCUT2D eigenvalue weighted by Gasteiger charge is -2.28. The third kappa shape index (κ3) is 2.68. The van der Waals surface area contributed by atoms with E-state index in [1.807, 2.05) is 6.07 Å². The van der Waals surface area contributed by atoms with Crippen LogP contribution in [0.15, 0.2) is 18.2 Å². The van der Waals surface area contributed by atoms with E-state index in [9.17, 15) is 4.79 Å². The highest BCUT2D eigenvalue weighted by molar-refractivity contribution is 5.94. The molecule has 0 bridgehead atoms. The van der Waals surface area contributed by atoms with E-state index in [4.69, 9.17) is 0 Å². The lowest BCUT2D eigenvalue weighted by molar-refractivity contribution is 0.101. The van der Waals surface area contributed by atoms with Crippen LogP contribution in [0.5, 0.6) is 0 Å². The molecule has 0 N–H and O–H groups in total. The summed E-state index contributed by atoms with van der Waals surface area (Å²) >= 11 is 0. The van der Waals surface area contributed by atoms with E-state index in [1.165, 1.54) is 49.9 Å². The lowest BCUT2D eigenvalue weighted by Crippen LogP contribution is -2.28. The second kappa shape index (κ2) is 5.36. The molecule has 102 valence electrons. The Bertz CT molecular complexity index is 474. The third-order valence-corrected chi connectivity index (χ3v) is 4.68. The summed E-state index contributed by atoms with van der Waals surface area (Å²) in [6.45, 7) is 4.00. The average Bonchev–Trinajstić information content (AvgIpc) is 2.82. The van der Waals surface area contributed by atoms with Gasteiger partial charge in [0.25, 0.3) is 0 Å². The maximum Gasteiger partial charge on any atom is 0.159 e. The van der Waals surface area contributed by atoms with Crippen LogP contribution in [0.25, 0.3) is 0 Å². The summed E-state index contributed by atoms with van der Waals surface area (Å²) in [7, 11) is 0. The van der Waals surface area contributed by atoms with Gasteiger partial charge in [-0.1, -0.05) is 19.3 Å². The molecule has 1 aliphatic carbocycles. The van der Waals surface area contributed by atoms with Crippen molar-refractivity contribution in [2.45, 2.75) is 45.4 Å². The molecule has 19 heavy (non-hydrogen) atoms. The Morgan fingerprint density at radius 2 is 2.05 bits per heavy atom. The lowest BCUT2D eigenvalue weighted by atomic mass is 9.89. The summed E-state index contributed by atoms with van der Waals surface area (Å²) in [6, 6.07) is 6.24. The van der Waals surface area contributed by atoms with E-state index in [-0.39, 0.29) is 5.78 Å². The second-order valence-corrected chi connectivity index (χ2v) is 6.10. The number of hydrogen-bond donors (Lipinski definition) is 0. The number of Topliss-reactive ketones (excluding diaryl/α,β-unsaturated/α-hetero) is 1. The Kier molecular flexibility index (Phi) is 3.58. The van der Waals surface area contributed by atoms with Crippen molar-refractivity contribution in [2.24, 2.45) is 5.92 Å². The maximum absolute atomic E-state index is 11.4. The van der Waals surface area contributed by atoms with Crippen LogP contribution < -0.4 is 4.90 Å². The highest BCUT2D eigenvalue weighted by Gasteiger charge is 2.23. The van der Waals surface area contributed by atoms with Crippen LogP contribution in [0.4, 0.5) is 5.69 Å². The van der Waals surface area contributed by atoms with Gasteiger partial charge in [0.1, 0.15) is 0 Å². The molecule has 0 unspecified atom stereocenters. The molecule has 0 radical (unpaired) electrons. The van der Waals surface area contributed by atoms with Crippen molar-refractivity contribution in [2.75, 3.05) is 18.0 Å². The number of fused-ring (bicyclic) bond motifs is 1. The minimum absolute atomic E-state index is 0.175. The predicted molar refractivity (Wildman–Crippen MR) is 78.9 cm³/mol. The van der Waals surface area contributed by atoms with E-state index in [0.717, 1.165) is 24.4 Å². The molecular formula is C17H23NO. The molecular weight excluding hydrogens is 234 g/mol. The molecule has 2 aliphatic rings. The van der Waals surface area contributed by atoms with Gasteiger partial charge in [-0.2, -0.15) is 0 Å². The molecule has 1 saturated carbocycles. The number of carbonyl (C=O) groups excluding carboxylic acids is 1. The Morgan fingerprint density at radius 3 is 2.79 bits per heavy atom. The molecule has 0 aromatic heterocycles. The normalized spacial score (nSPS) is 19.5. The zero-order chi connectivity index (χ0) is 13.2. The summed E-state index contributed by atoms with van der Waals surface area (Å²) < 4.78 is 0. The van der Waals surface area contributed by atoms with Crippen LogP contribution in [0.2, 0.25) is 0 Å². The summed E-state index contributed by atoms with van der Waals surface area (Å²) in [5, 5.41) is 0. The number of carbonyl (C=O) groups is 1. The van der Waals surface area contributed by atoms with Gasteiger partial charge in [0, 0.05) is 24.3 Å². The molecule has 0 atom stereocenters. The molecule has 3 rings (SSSR count). The minimum atomic E-state index is 0.175. The van der Waals surface area contributed by atoms with Gasteiger partial charge < -0.3 is 4.90 Å². The van der Waals surface area contributed by atoms with Gasteiger partial charge in [0.05, 0.1) is 0 Å². The molecule has 2 nitrogen and oxygen atoms in total. The van der Waals surface area contributed by atoms with Crippen molar-refractivity contribution in [3.05, 3.63) is 29.3 Å². The van der Waals surface area contributed by atoms with Crippen molar-refractivity contribution in [3.63, 3.8) is 0 Å². The van der Waals surface area contributed by atoms with Crippen molar-refractivity contribution in [1.29, 1.82) is 0 Å². The van der Waals surface area contributed by atoms with Crippen LogP contribution in [-0.2, 0) is 6.42 Å². The maximum atomic E-state index is 11.4. The first-order valence-corrected chi connectivity index (χ1v) is 7.63. The monoisotopic (exact) mass is 257 g/mol. The van der Waals surface area contributed by atoms with Crippen LogP contribution in [0.1, 0.15) is 54.9 Å². The second-order valence-electron chi connectivity index (χ2n) is 6.10. The number of ketones is 1. The van der Waals surface area contributed by atoms with Gasteiger partial charge >= 0.3 is 0 Å². The zero-order valence-electron chi connectivity index (χ0n) is 11.8. The van der Waals surface area contributed by atoms with Crippen LogP contribution in [-0.4, -0.2) is 18.9 Å². The fraction of sp³-hybridized carbons (Fsp3) is 0.588. The predicted octanol–water partition coefficient (Wildman–Crippen LogP) is 3.83. The summed E-state index contributed by atoms with van der Waals surface area (Å²) in [4.78, 5) is 14.0. The van der Waals surface area contributed by atoms with E-state index in [2.05, 4.69) is 17.0 Å². The number of hydrogen-bond acceptors (Lipinski definition) is 2. The summed E-state index contributed by atoms with van der Waals surface area (Å²) in [5.74, 6) is 1.06. The fourth-order valence-electron chi connectivity index (χ4n) is 3.56. The van der Waals surface area contributed by atoms with Gasteiger partial charge in [0.2, 0.25) is 0 Å². The third-order valence-electron chi connectivity index (χ3n) is 4.68. The molecule has 1 aromatic rings. The van der Waals surface area contributed by atoms with Gasteiger partial charge in [-0.25, -0.2) is 0 Å². The van der Waals surface area contributed by atoms with E-state index >= 15 is 0 Å². The number of rotatable bonds is 3. The standard InChI is InChI=1S/C17H23NO/c1-13(19)15-7-8-17-16(11-15)9-10-18(17)12-14-5-3-2-4-6-14/h7-8,11,14H,2-6,9-10,12H2,1H3. The number of nitrogens with zero attached hydrogens (tertiary/aromatic N) is 1. The molecule has 0 amide bonds. The molecule has 1 fully saturated rings. The zero-order valence-corrected chi connectivity index (χ0v) is 11.8. The minimum Gasteiger partial charge on any atom is -0.371 e. The Balaban J connectivity index is 1.72. The Hall–Kier alpha value is -1.31. The SMILES string of the molecule is CC(=O)c1ccc2c(c1)CCN2CC1CCCCC1. The van der Waals surface area contributed by atoms with E-state index in [1.54, 1.807) is 6.92 Å². The molecule has 2 heteroatoms. The van der Waals surface area contributed by atoms with Crippen molar-refractivity contribution < 1.29 is 4.79 Å². The first kappa shape index (κ1) is 12.7. The van der Waals surface area contributed by atoms with Gasteiger partial charge in [-0.05, 0) is 55.9 Å². The number of benzene rings is 1. The first-order valence-electron chi connectivity index (χ1n) is 7.63. The van der Waals surface area contributed by atoms with Crippen molar-refractivity contribution >= 4 is 11.5 Å². The Morgan fingerprint density at radius 1 is 1.26 bits per heavy atom. The first-order chi connectivity index (χ1) is 9.24.